The number of carbonyl (C=O) groups excluding carboxylic acids is 1. The number of nitrogens with one attached hydrogen (secondary N) is 1. The first-order chi connectivity index (χ1) is 8.32. The maximum absolute atomic E-state index is 13.3. The van der Waals surface area contributed by atoms with Crippen LogP contribution in [0.5, 0.6) is 0 Å². The molecule has 1 N–H and O–H groups in total. The highest BCUT2D eigenvalue weighted by Crippen LogP contribution is 2.19. The number of anilines is 1. The Morgan fingerprint density at radius 2 is 1.78 bits per heavy atom. The number of amides is 1. The molecule has 0 heterocycles. The summed E-state index contributed by atoms with van der Waals surface area (Å²) in [5.41, 5.74) is -0.498. The van der Waals surface area contributed by atoms with Crippen LogP contribution in [-0.4, -0.2) is 30.4 Å². The third kappa shape index (κ3) is 3.38. The summed E-state index contributed by atoms with van der Waals surface area (Å²) in [5.74, 6) is -3.44. The van der Waals surface area contributed by atoms with Crippen molar-refractivity contribution in [2.45, 2.75) is 19.9 Å². The van der Waals surface area contributed by atoms with E-state index in [0.29, 0.717) is 12.1 Å². The molecule has 0 saturated carbocycles. The maximum Gasteiger partial charge on any atom is 0.241 e. The molecule has 18 heavy (non-hydrogen) atoms. The molecule has 0 atom stereocenters. The van der Waals surface area contributed by atoms with E-state index in [1.807, 2.05) is 13.8 Å². The zero-order chi connectivity index (χ0) is 13.9. The lowest BCUT2D eigenvalue weighted by molar-refractivity contribution is -0.129. The highest BCUT2D eigenvalue weighted by Gasteiger charge is 2.15. The normalized spacial score (nSPS) is 10.6. The first kappa shape index (κ1) is 14.3. The van der Waals surface area contributed by atoms with Gasteiger partial charge in [0.2, 0.25) is 5.91 Å². The third-order valence-corrected chi connectivity index (χ3v) is 2.59. The second-order valence-corrected chi connectivity index (χ2v) is 4.20. The molecule has 1 rings (SSSR count). The molecule has 1 aromatic carbocycles. The predicted molar refractivity (Wildman–Crippen MR) is 62.7 cm³/mol. The monoisotopic (exact) mass is 260 g/mol. The maximum atomic E-state index is 13.3. The number of hydrogen-bond donors (Lipinski definition) is 1. The molecule has 0 aliphatic heterocycles. The van der Waals surface area contributed by atoms with Crippen LogP contribution >= 0.6 is 0 Å². The summed E-state index contributed by atoms with van der Waals surface area (Å²) in [6, 6.07) is 1.10. The van der Waals surface area contributed by atoms with E-state index in [9.17, 15) is 18.0 Å². The fraction of sp³-hybridized carbons (Fsp3) is 0.417. The van der Waals surface area contributed by atoms with Gasteiger partial charge in [-0.2, -0.15) is 0 Å². The van der Waals surface area contributed by atoms with Gasteiger partial charge in [-0.25, -0.2) is 13.2 Å². The van der Waals surface area contributed by atoms with Gasteiger partial charge in [0, 0.05) is 25.2 Å². The van der Waals surface area contributed by atoms with Gasteiger partial charge in [-0.3, -0.25) is 4.79 Å². The lowest BCUT2D eigenvalue weighted by Crippen LogP contribution is -2.37. The zero-order valence-electron chi connectivity index (χ0n) is 10.4. The van der Waals surface area contributed by atoms with Crippen LogP contribution < -0.4 is 5.32 Å². The molecule has 0 spiro atoms. The minimum atomic E-state index is -1.06. The highest BCUT2D eigenvalue weighted by atomic mass is 19.1. The smallest absolute Gasteiger partial charge is 0.241 e. The van der Waals surface area contributed by atoms with Gasteiger partial charge in [-0.1, -0.05) is 0 Å². The molecular formula is C12H15F3N2O. The Hall–Kier alpha value is -1.72. The molecule has 0 aromatic heterocycles. The quantitative estimate of drug-likeness (QED) is 0.901. The number of benzene rings is 1. The summed E-state index contributed by atoms with van der Waals surface area (Å²) in [7, 11) is 1.59. The van der Waals surface area contributed by atoms with Crippen LogP contribution in [-0.2, 0) is 4.79 Å². The Balaban J connectivity index is 2.73. The first-order valence-electron chi connectivity index (χ1n) is 5.47. The van der Waals surface area contributed by atoms with Crippen molar-refractivity contribution in [3.05, 3.63) is 29.6 Å². The third-order valence-electron chi connectivity index (χ3n) is 2.59. The van der Waals surface area contributed by atoms with Crippen LogP contribution in [0, 0.1) is 17.5 Å². The van der Waals surface area contributed by atoms with Crippen molar-refractivity contribution in [3.63, 3.8) is 0 Å². The Labute approximate surface area is 104 Å². The Morgan fingerprint density at radius 3 is 2.22 bits per heavy atom. The van der Waals surface area contributed by atoms with E-state index >= 15 is 0 Å². The molecule has 0 fully saturated rings. The van der Waals surface area contributed by atoms with Gasteiger partial charge in [0.15, 0.2) is 11.6 Å². The van der Waals surface area contributed by atoms with Crippen molar-refractivity contribution in [3.8, 4) is 0 Å². The standard InChI is InChI=1S/C12H15F3N2O/c1-7(2)17(3)11(18)6-16-12-9(14)4-8(13)5-10(12)15/h4-5,7,16H,6H2,1-3H3. The largest absolute Gasteiger partial charge is 0.371 e. The molecule has 100 valence electrons. The van der Waals surface area contributed by atoms with E-state index in [4.69, 9.17) is 0 Å². The molecule has 0 bridgehead atoms. The van der Waals surface area contributed by atoms with Gasteiger partial charge in [0.1, 0.15) is 11.5 Å². The first-order valence-corrected chi connectivity index (χ1v) is 5.47. The lowest BCUT2D eigenvalue weighted by atomic mass is 10.2. The summed E-state index contributed by atoms with van der Waals surface area (Å²) in [6.07, 6.45) is 0. The second-order valence-electron chi connectivity index (χ2n) is 4.20. The number of carbonyl (C=O) groups is 1. The Bertz CT molecular complexity index is 426. The van der Waals surface area contributed by atoms with Crippen molar-refractivity contribution in [2.75, 3.05) is 18.9 Å². The molecule has 0 radical (unpaired) electrons. The van der Waals surface area contributed by atoms with Crippen molar-refractivity contribution in [1.82, 2.24) is 4.90 Å². The summed E-state index contributed by atoms with van der Waals surface area (Å²) < 4.78 is 39.2. The van der Waals surface area contributed by atoms with Crippen LogP contribution in [0.1, 0.15) is 13.8 Å². The van der Waals surface area contributed by atoms with Crippen LogP contribution in [0.25, 0.3) is 0 Å². The lowest BCUT2D eigenvalue weighted by Gasteiger charge is -2.21. The fourth-order valence-corrected chi connectivity index (χ4v) is 1.29. The SMILES string of the molecule is CC(C)N(C)C(=O)CNc1c(F)cc(F)cc1F. The summed E-state index contributed by atoms with van der Waals surface area (Å²) in [4.78, 5) is 13.0. The van der Waals surface area contributed by atoms with Crippen LogP contribution in [0.4, 0.5) is 18.9 Å². The molecular weight excluding hydrogens is 245 g/mol. The molecule has 0 unspecified atom stereocenters. The van der Waals surface area contributed by atoms with E-state index < -0.39 is 23.1 Å². The van der Waals surface area contributed by atoms with Crippen LogP contribution in [0.15, 0.2) is 12.1 Å². The van der Waals surface area contributed by atoms with Gasteiger partial charge in [0.25, 0.3) is 0 Å². The summed E-state index contributed by atoms with van der Waals surface area (Å²) in [6.45, 7) is 3.38. The van der Waals surface area contributed by atoms with Gasteiger partial charge in [0.05, 0.1) is 6.54 Å². The number of likely N-dealkylation sites (N-methyl/N-ethyl adjacent to an activating group) is 1. The number of hydrogen-bond acceptors (Lipinski definition) is 2. The van der Waals surface area contributed by atoms with Crippen molar-refractivity contribution < 1.29 is 18.0 Å². The molecule has 3 nitrogen and oxygen atoms in total. The van der Waals surface area contributed by atoms with Crippen molar-refractivity contribution in [1.29, 1.82) is 0 Å². The van der Waals surface area contributed by atoms with E-state index in [-0.39, 0.29) is 18.5 Å². The van der Waals surface area contributed by atoms with E-state index in [1.54, 1.807) is 7.05 Å². The van der Waals surface area contributed by atoms with Crippen molar-refractivity contribution in [2.24, 2.45) is 0 Å². The van der Waals surface area contributed by atoms with Crippen LogP contribution in [0.3, 0.4) is 0 Å². The Morgan fingerprint density at radius 1 is 1.28 bits per heavy atom. The predicted octanol–water partition coefficient (Wildman–Crippen LogP) is 2.38. The molecule has 1 amide bonds. The van der Waals surface area contributed by atoms with Gasteiger partial charge < -0.3 is 10.2 Å². The zero-order valence-corrected chi connectivity index (χ0v) is 10.4. The summed E-state index contributed by atoms with van der Waals surface area (Å²) in [5, 5.41) is 2.34. The van der Waals surface area contributed by atoms with Gasteiger partial charge in [-0.05, 0) is 13.8 Å². The van der Waals surface area contributed by atoms with Crippen LogP contribution in [0.2, 0.25) is 0 Å². The van der Waals surface area contributed by atoms with E-state index in [0.717, 1.165) is 0 Å². The average Bonchev–Trinajstić information content (AvgIpc) is 2.25. The number of halogens is 3. The molecule has 6 heteroatoms. The summed E-state index contributed by atoms with van der Waals surface area (Å²) >= 11 is 0. The topological polar surface area (TPSA) is 32.3 Å². The second kappa shape index (κ2) is 5.75. The minimum absolute atomic E-state index is 0.0118. The Kier molecular flexibility index (Phi) is 4.58. The minimum Gasteiger partial charge on any atom is -0.371 e. The number of rotatable bonds is 4. The number of nitrogens with zero attached hydrogens (tertiary/aromatic N) is 1. The molecule has 0 aliphatic carbocycles. The average molecular weight is 260 g/mol. The van der Waals surface area contributed by atoms with E-state index in [1.165, 1.54) is 4.90 Å². The van der Waals surface area contributed by atoms with E-state index in [2.05, 4.69) is 5.32 Å². The van der Waals surface area contributed by atoms with Gasteiger partial charge in [-0.15, -0.1) is 0 Å². The van der Waals surface area contributed by atoms with Crippen molar-refractivity contribution >= 4 is 11.6 Å². The van der Waals surface area contributed by atoms with Gasteiger partial charge >= 0.3 is 0 Å². The fourth-order valence-electron chi connectivity index (χ4n) is 1.29. The molecule has 0 saturated heterocycles. The molecule has 0 aliphatic rings. The molecule has 1 aromatic rings. The highest BCUT2D eigenvalue weighted by molar-refractivity contribution is 5.80.